The lowest BCUT2D eigenvalue weighted by molar-refractivity contribution is 0.551. The molecule has 0 unspecified atom stereocenters. The number of rotatable bonds is 2. The summed E-state index contributed by atoms with van der Waals surface area (Å²) in [6, 6.07) is 8.89. The molecule has 3 nitrogen and oxygen atoms in total. The van der Waals surface area contributed by atoms with Gasteiger partial charge in [-0.25, -0.2) is 0 Å². The second-order valence-electron chi connectivity index (χ2n) is 3.22. The summed E-state index contributed by atoms with van der Waals surface area (Å²) < 4.78 is 33.3. The van der Waals surface area contributed by atoms with Gasteiger partial charge in [-0.3, -0.25) is 4.98 Å². The molecule has 2 rings (SSSR count). The van der Waals surface area contributed by atoms with Crippen molar-refractivity contribution in [3.05, 3.63) is 42.1 Å². The first-order chi connectivity index (χ1) is 7.04. The number of pyridine rings is 1. The molecule has 15 heavy (non-hydrogen) atoms. The Balaban J connectivity index is 2.48. The summed E-state index contributed by atoms with van der Waals surface area (Å²) in [7, 11) is -4.49. The van der Waals surface area contributed by atoms with Crippen LogP contribution in [0.25, 0.3) is 10.9 Å². The van der Waals surface area contributed by atoms with Crippen LogP contribution in [0.3, 0.4) is 0 Å². The van der Waals surface area contributed by atoms with E-state index >= 15 is 0 Å². The summed E-state index contributed by atoms with van der Waals surface area (Å²) in [5.74, 6) is -0.620. The van der Waals surface area contributed by atoms with Gasteiger partial charge in [0.1, 0.15) is 5.75 Å². The van der Waals surface area contributed by atoms with E-state index in [2.05, 4.69) is 4.98 Å². The van der Waals surface area contributed by atoms with Crippen molar-refractivity contribution in [2.75, 3.05) is 0 Å². The lowest BCUT2D eigenvalue weighted by Gasteiger charge is -1.99. The van der Waals surface area contributed by atoms with Crippen molar-refractivity contribution in [2.24, 2.45) is 0 Å². The van der Waals surface area contributed by atoms with E-state index in [4.69, 9.17) is 0 Å². The van der Waals surface area contributed by atoms with Gasteiger partial charge in [-0.05, 0) is 17.7 Å². The smallest absolute Gasteiger partial charge is 0.256 e. The number of hydrogen-bond donors (Lipinski definition) is 0. The summed E-state index contributed by atoms with van der Waals surface area (Å²) in [5, 5.41) is 0.804. The molecular weight excluding hydrogens is 217 g/mol. The molecule has 0 N–H and O–H groups in total. The minimum absolute atomic E-state index is 0.358. The number of benzene rings is 1. The van der Waals surface area contributed by atoms with Crippen molar-refractivity contribution in [3.8, 4) is 0 Å². The molecule has 0 aliphatic carbocycles. The first kappa shape index (κ1) is 10.0. The maximum atomic E-state index is 12.4. The van der Waals surface area contributed by atoms with Crippen LogP contribution >= 0.6 is 0 Å². The van der Waals surface area contributed by atoms with Crippen LogP contribution in [0.5, 0.6) is 0 Å². The quantitative estimate of drug-likeness (QED) is 0.735. The molecule has 0 aliphatic heterocycles. The van der Waals surface area contributed by atoms with E-state index in [1.54, 1.807) is 12.1 Å². The van der Waals surface area contributed by atoms with Crippen molar-refractivity contribution in [2.45, 2.75) is 5.75 Å². The zero-order chi connectivity index (χ0) is 10.9. The zero-order valence-corrected chi connectivity index (χ0v) is 8.54. The minimum Gasteiger partial charge on any atom is -0.256 e. The van der Waals surface area contributed by atoms with Gasteiger partial charge in [-0.15, -0.1) is 3.89 Å². The number of halogens is 1. The van der Waals surface area contributed by atoms with Crippen LogP contribution in [0.15, 0.2) is 36.5 Å². The van der Waals surface area contributed by atoms with Crippen LogP contribution in [0.1, 0.15) is 5.56 Å². The molecule has 1 heterocycles. The molecule has 0 atom stereocenters. The summed E-state index contributed by atoms with van der Waals surface area (Å²) >= 11 is 0. The monoisotopic (exact) mass is 225 g/mol. The van der Waals surface area contributed by atoms with Gasteiger partial charge < -0.3 is 0 Å². The first-order valence-corrected chi connectivity index (χ1v) is 5.86. The van der Waals surface area contributed by atoms with E-state index < -0.39 is 16.0 Å². The molecule has 78 valence electrons. The second-order valence-corrected chi connectivity index (χ2v) is 4.59. The first-order valence-electron chi connectivity index (χ1n) is 4.31. The molecule has 5 heteroatoms. The highest BCUT2D eigenvalue weighted by atomic mass is 32.3. The van der Waals surface area contributed by atoms with Crippen LogP contribution in [0.2, 0.25) is 0 Å². The van der Waals surface area contributed by atoms with Gasteiger partial charge in [0.15, 0.2) is 0 Å². The minimum atomic E-state index is -4.49. The van der Waals surface area contributed by atoms with E-state index in [1.165, 1.54) is 6.20 Å². The molecule has 2 aromatic rings. The van der Waals surface area contributed by atoms with Crippen LogP contribution in [-0.2, 0) is 16.0 Å². The largest absolute Gasteiger partial charge is 0.306 e. The molecule has 0 radical (unpaired) electrons. The van der Waals surface area contributed by atoms with Gasteiger partial charge in [-0.2, -0.15) is 8.42 Å². The van der Waals surface area contributed by atoms with E-state index in [1.807, 2.05) is 18.2 Å². The number of hydrogen-bond acceptors (Lipinski definition) is 3. The van der Waals surface area contributed by atoms with Crippen molar-refractivity contribution in [3.63, 3.8) is 0 Å². The third kappa shape index (κ3) is 2.50. The average Bonchev–Trinajstić information content (AvgIpc) is 2.15. The lowest BCUT2D eigenvalue weighted by Crippen LogP contribution is -1.96. The highest BCUT2D eigenvalue weighted by molar-refractivity contribution is 7.85. The SMILES string of the molecule is O=S(=O)(F)Cc1cnc2ccccc2c1. The Hall–Kier alpha value is -1.49. The fourth-order valence-corrected chi connectivity index (χ4v) is 1.95. The Labute approximate surface area is 86.8 Å². The molecule has 0 amide bonds. The third-order valence-corrected chi connectivity index (χ3v) is 2.66. The predicted molar refractivity (Wildman–Crippen MR) is 55.5 cm³/mol. The van der Waals surface area contributed by atoms with Gasteiger partial charge in [0.2, 0.25) is 0 Å². The van der Waals surface area contributed by atoms with E-state index in [0.717, 1.165) is 10.9 Å². The fourth-order valence-electron chi connectivity index (χ4n) is 1.39. The average molecular weight is 225 g/mol. The van der Waals surface area contributed by atoms with Crippen molar-refractivity contribution in [1.29, 1.82) is 0 Å². The highest BCUT2D eigenvalue weighted by Gasteiger charge is 2.09. The molecule has 1 aromatic carbocycles. The Morgan fingerprint density at radius 2 is 2.00 bits per heavy atom. The summed E-state index contributed by atoms with van der Waals surface area (Å²) in [5.41, 5.74) is 1.12. The summed E-state index contributed by atoms with van der Waals surface area (Å²) in [6.07, 6.45) is 1.37. The summed E-state index contributed by atoms with van der Waals surface area (Å²) in [6.45, 7) is 0. The molecule has 0 aliphatic rings. The molecule has 0 saturated carbocycles. The standard InChI is InChI=1S/C10H8FNO2S/c11-15(13,14)7-8-5-9-3-1-2-4-10(9)12-6-8/h1-6H,7H2. The number of aromatic nitrogens is 1. The topological polar surface area (TPSA) is 47.0 Å². The maximum absolute atomic E-state index is 12.4. The Kier molecular flexibility index (Phi) is 2.40. The Morgan fingerprint density at radius 1 is 1.27 bits per heavy atom. The number of para-hydroxylation sites is 1. The zero-order valence-electron chi connectivity index (χ0n) is 7.72. The molecule has 0 spiro atoms. The number of fused-ring (bicyclic) bond motifs is 1. The molecule has 1 aromatic heterocycles. The van der Waals surface area contributed by atoms with Gasteiger partial charge >= 0.3 is 10.2 Å². The van der Waals surface area contributed by atoms with Crippen LogP contribution in [0, 0.1) is 0 Å². The van der Waals surface area contributed by atoms with Crippen LogP contribution < -0.4 is 0 Å². The third-order valence-electron chi connectivity index (χ3n) is 1.99. The van der Waals surface area contributed by atoms with E-state index in [-0.39, 0.29) is 0 Å². The lowest BCUT2D eigenvalue weighted by atomic mass is 10.2. The highest BCUT2D eigenvalue weighted by Crippen LogP contribution is 2.14. The Morgan fingerprint density at radius 3 is 2.73 bits per heavy atom. The van der Waals surface area contributed by atoms with Crippen molar-refractivity contribution in [1.82, 2.24) is 4.98 Å². The van der Waals surface area contributed by atoms with Crippen molar-refractivity contribution < 1.29 is 12.3 Å². The molecule has 0 fully saturated rings. The fraction of sp³-hybridized carbons (Fsp3) is 0.100. The van der Waals surface area contributed by atoms with Gasteiger partial charge in [0.05, 0.1) is 5.52 Å². The maximum Gasteiger partial charge on any atom is 0.306 e. The number of nitrogens with zero attached hydrogens (tertiary/aromatic N) is 1. The van der Waals surface area contributed by atoms with Crippen LogP contribution in [-0.4, -0.2) is 13.4 Å². The predicted octanol–water partition coefficient (Wildman–Crippen LogP) is 2.03. The van der Waals surface area contributed by atoms with Gasteiger partial charge in [0, 0.05) is 11.6 Å². The van der Waals surface area contributed by atoms with E-state index in [0.29, 0.717) is 5.56 Å². The van der Waals surface area contributed by atoms with Crippen LogP contribution in [0.4, 0.5) is 3.89 Å². The second kappa shape index (κ2) is 3.58. The van der Waals surface area contributed by atoms with Crippen molar-refractivity contribution >= 4 is 21.1 Å². The van der Waals surface area contributed by atoms with Gasteiger partial charge in [-0.1, -0.05) is 18.2 Å². The normalized spacial score (nSPS) is 11.8. The molecular formula is C10H8FNO2S. The van der Waals surface area contributed by atoms with E-state index in [9.17, 15) is 12.3 Å². The Bertz CT molecular complexity index is 595. The van der Waals surface area contributed by atoms with Gasteiger partial charge in [0.25, 0.3) is 0 Å². The molecule has 0 bridgehead atoms. The molecule has 0 saturated heterocycles. The summed E-state index contributed by atoms with van der Waals surface area (Å²) in [4.78, 5) is 4.03.